The summed E-state index contributed by atoms with van der Waals surface area (Å²) in [4.78, 5) is 4.33. The third kappa shape index (κ3) is 3.28. The van der Waals surface area contributed by atoms with Crippen molar-refractivity contribution in [3.63, 3.8) is 0 Å². The highest BCUT2D eigenvalue weighted by Gasteiger charge is 2.11. The predicted molar refractivity (Wildman–Crippen MR) is 88.6 cm³/mol. The minimum absolute atomic E-state index is 0.493. The molecule has 3 aromatic rings. The van der Waals surface area contributed by atoms with Crippen LogP contribution in [-0.4, -0.2) is 20.8 Å². The number of halogens is 2. The number of benzene rings is 2. The molecule has 3 rings (SSSR count). The van der Waals surface area contributed by atoms with Crippen LogP contribution in [0.1, 0.15) is 5.56 Å². The molecule has 0 aliphatic heterocycles. The molecule has 1 unspecified atom stereocenters. The first-order valence-electron chi connectivity index (χ1n) is 6.65. The van der Waals surface area contributed by atoms with Crippen molar-refractivity contribution in [1.82, 2.24) is 9.55 Å². The van der Waals surface area contributed by atoms with Gasteiger partial charge in [0.15, 0.2) is 0 Å². The van der Waals surface area contributed by atoms with Crippen molar-refractivity contribution in [1.29, 1.82) is 0 Å². The van der Waals surface area contributed by atoms with Gasteiger partial charge in [0.2, 0.25) is 0 Å². The average Bonchev–Trinajstić information content (AvgIpc) is 2.85. The van der Waals surface area contributed by atoms with Crippen LogP contribution >= 0.6 is 27.5 Å². The highest BCUT2D eigenvalue weighted by Crippen LogP contribution is 2.23. The molecule has 1 N–H and O–H groups in total. The topological polar surface area (TPSA) is 38.0 Å². The second kappa shape index (κ2) is 6.18. The smallest absolute Gasteiger partial charge is 0.0959 e. The van der Waals surface area contributed by atoms with Crippen LogP contribution in [0.5, 0.6) is 0 Å². The van der Waals surface area contributed by atoms with E-state index in [1.54, 1.807) is 6.33 Å². The van der Waals surface area contributed by atoms with Crippen LogP contribution in [0.2, 0.25) is 5.02 Å². The van der Waals surface area contributed by atoms with Crippen molar-refractivity contribution in [3.8, 4) is 0 Å². The van der Waals surface area contributed by atoms with Crippen molar-refractivity contribution >= 4 is 38.6 Å². The van der Waals surface area contributed by atoms with E-state index < -0.39 is 6.10 Å². The van der Waals surface area contributed by atoms with E-state index in [9.17, 15) is 5.11 Å². The highest BCUT2D eigenvalue weighted by molar-refractivity contribution is 9.10. The lowest BCUT2D eigenvalue weighted by Crippen LogP contribution is -2.18. The van der Waals surface area contributed by atoms with E-state index in [0.717, 1.165) is 21.1 Å². The minimum Gasteiger partial charge on any atom is -0.391 e. The van der Waals surface area contributed by atoms with Crippen LogP contribution < -0.4 is 0 Å². The summed E-state index contributed by atoms with van der Waals surface area (Å²) in [5, 5.41) is 11.0. The number of rotatable bonds is 4. The SMILES string of the molecule is OC(Cc1ccc(Br)cc1Cl)Cn1cnc2ccccc21. The van der Waals surface area contributed by atoms with Gasteiger partial charge in [0.1, 0.15) is 0 Å². The molecule has 0 aliphatic rings. The maximum Gasteiger partial charge on any atom is 0.0959 e. The molecule has 1 atom stereocenters. The van der Waals surface area contributed by atoms with Crippen molar-refractivity contribution in [2.45, 2.75) is 19.1 Å². The molecule has 0 saturated heterocycles. The predicted octanol–water partition coefficient (Wildman–Crippen LogP) is 4.06. The minimum atomic E-state index is -0.513. The molecule has 0 radical (unpaired) electrons. The molecule has 2 aromatic carbocycles. The Labute approximate surface area is 136 Å². The Balaban J connectivity index is 1.75. The maximum absolute atomic E-state index is 10.3. The first-order chi connectivity index (χ1) is 10.1. The number of hydrogen-bond donors (Lipinski definition) is 1. The van der Waals surface area contributed by atoms with Gasteiger partial charge in [-0.25, -0.2) is 4.98 Å². The van der Waals surface area contributed by atoms with Gasteiger partial charge in [-0.05, 0) is 29.8 Å². The van der Waals surface area contributed by atoms with Crippen molar-refractivity contribution < 1.29 is 5.11 Å². The van der Waals surface area contributed by atoms with E-state index in [2.05, 4.69) is 20.9 Å². The van der Waals surface area contributed by atoms with Gasteiger partial charge in [0, 0.05) is 15.9 Å². The molecule has 1 heterocycles. The normalized spacial score (nSPS) is 12.7. The molecular formula is C16H14BrClN2O. The molecule has 1 aromatic heterocycles. The van der Waals surface area contributed by atoms with Gasteiger partial charge in [-0.2, -0.15) is 0 Å². The summed E-state index contributed by atoms with van der Waals surface area (Å²) < 4.78 is 2.90. The summed E-state index contributed by atoms with van der Waals surface area (Å²) in [7, 11) is 0. The second-order valence-corrected chi connectivity index (χ2v) is 6.30. The summed E-state index contributed by atoms with van der Waals surface area (Å²) in [5.41, 5.74) is 2.90. The van der Waals surface area contributed by atoms with Crippen LogP contribution in [0.15, 0.2) is 53.3 Å². The molecule has 21 heavy (non-hydrogen) atoms. The monoisotopic (exact) mass is 364 g/mol. The Bertz CT molecular complexity index is 772. The summed E-state index contributed by atoms with van der Waals surface area (Å²) in [6, 6.07) is 13.6. The second-order valence-electron chi connectivity index (χ2n) is 4.98. The first-order valence-corrected chi connectivity index (χ1v) is 7.82. The fourth-order valence-electron chi connectivity index (χ4n) is 2.39. The standard InChI is InChI=1S/C16H14BrClN2O/c17-12-6-5-11(14(18)8-12)7-13(21)9-20-10-19-15-3-1-2-4-16(15)20/h1-6,8,10,13,21H,7,9H2. The Morgan fingerprint density at radius 3 is 2.86 bits per heavy atom. The zero-order chi connectivity index (χ0) is 14.8. The van der Waals surface area contributed by atoms with Gasteiger partial charge in [-0.1, -0.05) is 45.7 Å². The van der Waals surface area contributed by atoms with Gasteiger partial charge in [-0.15, -0.1) is 0 Å². The molecule has 0 amide bonds. The maximum atomic E-state index is 10.3. The van der Waals surface area contributed by atoms with Gasteiger partial charge in [-0.3, -0.25) is 0 Å². The van der Waals surface area contributed by atoms with E-state index in [1.165, 1.54) is 0 Å². The number of para-hydroxylation sites is 2. The summed E-state index contributed by atoms with van der Waals surface area (Å²) >= 11 is 9.57. The Morgan fingerprint density at radius 2 is 2.05 bits per heavy atom. The van der Waals surface area contributed by atoms with Gasteiger partial charge in [0.25, 0.3) is 0 Å². The summed E-state index contributed by atoms with van der Waals surface area (Å²) in [5.74, 6) is 0. The molecule has 0 bridgehead atoms. The number of hydrogen-bond acceptors (Lipinski definition) is 2. The van der Waals surface area contributed by atoms with Crippen molar-refractivity contribution in [2.75, 3.05) is 0 Å². The average molecular weight is 366 g/mol. The molecule has 5 heteroatoms. The van der Waals surface area contributed by atoms with E-state index >= 15 is 0 Å². The first kappa shape index (κ1) is 14.6. The van der Waals surface area contributed by atoms with Crippen molar-refractivity contribution in [3.05, 3.63) is 63.9 Å². The van der Waals surface area contributed by atoms with Crippen LogP contribution in [0.4, 0.5) is 0 Å². The Kier molecular flexibility index (Phi) is 4.29. The Hall–Kier alpha value is -1.36. The Morgan fingerprint density at radius 1 is 1.24 bits per heavy atom. The zero-order valence-electron chi connectivity index (χ0n) is 11.2. The molecular weight excluding hydrogens is 352 g/mol. The van der Waals surface area contributed by atoms with Crippen LogP contribution in [-0.2, 0) is 13.0 Å². The lowest BCUT2D eigenvalue weighted by molar-refractivity contribution is 0.155. The van der Waals surface area contributed by atoms with E-state index in [4.69, 9.17) is 11.6 Å². The van der Waals surface area contributed by atoms with E-state index in [0.29, 0.717) is 18.0 Å². The van der Waals surface area contributed by atoms with Gasteiger partial charge < -0.3 is 9.67 Å². The van der Waals surface area contributed by atoms with E-state index in [-0.39, 0.29) is 0 Å². The largest absolute Gasteiger partial charge is 0.391 e. The van der Waals surface area contributed by atoms with Gasteiger partial charge >= 0.3 is 0 Å². The fraction of sp³-hybridized carbons (Fsp3) is 0.188. The van der Waals surface area contributed by atoms with Crippen LogP contribution in [0.3, 0.4) is 0 Å². The molecule has 0 aliphatic carbocycles. The quantitative estimate of drug-likeness (QED) is 0.757. The molecule has 0 fully saturated rings. The fourth-order valence-corrected chi connectivity index (χ4v) is 3.14. The number of imidazole rings is 1. The van der Waals surface area contributed by atoms with Crippen LogP contribution in [0, 0.1) is 0 Å². The van der Waals surface area contributed by atoms with E-state index in [1.807, 2.05) is 47.0 Å². The lowest BCUT2D eigenvalue weighted by atomic mass is 10.1. The zero-order valence-corrected chi connectivity index (χ0v) is 13.5. The third-order valence-electron chi connectivity index (χ3n) is 3.41. The third-order valence-corrected chi connectivity index (χ3v) is 4.25. The lowest BCUT2D eigenvalue weighted by Gasteiger charge is -2.13. The summed E-state index contributed by atoms with van der Waals surface area (Å²) in [6.45, 7) is 0.493. The van der Waals surface area contributed by atoms with Crippen molar-refractivity contribution in [2.24, 2.45) is 0 Å². The number of fused-ring (bicyclic) bond motifs is 1. The number of nitrogens with zero attached hydrogens (tertiary/aromatic N) is 2. The number of aromatic nitrogens is 2. The number of aliphatic hydroxyl groups excluding tert-OH is 1. The molecule has 0 saturated carbocycles. The molecule has 3 nitrogen and oxygen atoms in total. The van der Waals surface area contributed by atoms with Crippen LogP contribution in [0.25, 0.3) is 11.0 Å². The number of aliphatic hydroxyl groups is 1. The molecule has 0 spiro atoms. The molecule has 108 valence electrons. The highest BCUT2D eigenvalue weighted by atomic mass is 79.9. The van der Waals surface area contributed by atoms with Gasteiger partial charge in [0.05, 0.1) is 30.0 Å². The summed E-state index contributed by atoms with van der Waals surface area (Å²) in [6.07, 6.45) is 1.76.